The topological polar surface area (TPSA) is 54.9 Å². The predicted molar refractivity (Wildman–Crippen MR) is 113 cm³/mol. The largest absolute Gasteiger partial charge is 0.495 e. The Bertz CT molecular complexity index is 929. The number of methoxy groups -OCH3 is 1. The molecule has 0 radical (unpaired) electrons. The second kappa shape index (κ2) is 9.35. The molecule has 0 unspecified atom stereocenters. The van der Waals surface area contributed by atoms with Crippen LogP contribution in [-0.2, 0) is 0 Å². The lowest BCUT2D eigenvalue weighted by Crippen LogP contribution is -2.24. The van der Waals surface area contributed by atoms with E-state index in [-0.39, 0.29) is 0 Å². The molecule has 0 saturated carbocycles. The number of benzene rings is 3. The van der Waals surface area contributed by atoms with Gasteiger partial charge in [0.2, 0.25) is 0 Å². The van der Waals surface area contributed by atoms with Crippen LogP contribution in [0.3, 0.4) is 0 Å². The van der Waals surface area contributed by atoms with Gasteiger partial charge in [0.1, 0.15) is 17.2 Å². The molecule has 0 aliphatic rings. The summed E-state index contributed by atoms with van der Waals surface area (Å²) in [6, 6.07) is 24.8. The molecule has 0 bridgehead atoms. The Morgan fingerprint density at radius 3 is 2.48 bits per heavy atom. The summed E-state index contributed by atoms with van der Waals surface area (Å²) in [5.41, 5.74) is 4.45. The van der Waals surface area contributed by atoms with Crippen LogP contribution in [0.5, 0.6) is 17.2 Å². The number of para-hydroxylation sites is 3. The predicted octanol–water partition coefficient (Wildman–Crippen LogP) is 4.81. The first-order valence-corrected chi connectivity index (χ1v) is 8.71. The zero-order valence-corrected chi connectivity index (χ0v) is 15.6. The monoisotopic (exact) mass is 377 g/mol. The van der Waals surface area contributed by atoms with Crippen molar-refractivity contribution in [3.63, 3.8) is 0 Å². The highest BCUT2D eigenvalue weighted by Gasteiger charge is 2.03. The van der Waals surface area contributed by atoms with E-state index in [2.05, 4.69) is 15.8 Å². The minimum absolute atomic E-state index is 0.368. The molecule has 0 aromatic heterocycles. The molecular formula is C21H19N3O2S. The van der Waals surface area contributed by atoms with Crippen LogP contribution >= 0.6 is 12.2 Å². The third-order valence-corrected chi connectivity index (χ3v) is 3.77. The smallest absolute Gasteiger partial charge is 0.191 e. The molecule has 0 saturated heterocycles. The Kier molecular flexibility index (Phi) is 6.38. The number of hydrogen-bond acceptors (Lipinski definition) is 4. The maximum Gasteiger partial charge on any atom is 0.191 e. The van der Waals surface area contributed by atoms with Gasteiger partial charge in [-0.05, 0) is 54.2 Å². The summed E-state index contributed by atoms with van der Waals surface area (Å²) < 4.78 is 11.1. The van der Waals surface area contributed by atoms with Crippen LogP contribution in [0.1, 0.15) is 5.56 Å². The third kappa shape index (κ3) is 5.55. The van der Waals surface area contributed by atoms with Crippen molar-refractivity contribution in [2.45, 2.75) is 0 Å². The van der Waals surface area contributed by atoms with E-state index in [0.717, 1.165) is 22.7 Å². The average Bonchev–Trinajstić information content (AvgIpc) is 2.69. The van der Waals surface area contributed by atoms with Crippen LogP contribution in [0.25, 0.3) is 0 Å². The molecule has 0 aliphatic heterocycles. The van der Waals surface area contributed by atoms with Crippen molar-refractivity contribution in [2.75, 3.05) is 12.4 Å². The van der Waals surface area contributed by atoms with Gasteiger partial charge in [-0.1, -0.05) is 42.5 Å². The van der Waals surface area contributed by atoms with Crippen molar-refractivity contribution in [3.8, 4) is 17.2 Å². The quantitative estimate of drug-likeness (QED) is 0.367. The van der Waals surface area contributed by atoms with Gasteiger partial charge in [-0.15, -0.1) is 0 Å². The Morgan fingerprint density at radius 2 is 1.67 bits per heavy atom. The Hall–Kier alpha value is -3.38. The molecule has 3 aromatic rings. The summed E-state index contributed by atoms with van der Waals surface area (Å²) in [7, 11) is 1.61. The summed E-state index contributed by atoms with van der Waals surface area (Å²) in [5, 5.41) is 7.58. The van der Waals surface area contributed by atoms with Crippen molar-refractivity contribution in [1.29, 1.82) is 0 Å². The maximum atomic E-state index is 5.82. The number of ether oxygens (including phenoxy) is 2. The fourth-order valence-corrected chi connectivity index (χ4v) is 2.51. The molecule has 5 nitrogen and oxygen atoms in total. The average molecular weight is 377 g/mol. The van der Waals surface area contributed by atoms with E-state index in [1.54, 1.807) is 13.3 Å². The molecule has 6 heteroatoms. The van der Waals surface area contributed by atoms with Crippen LogP contribution in [0.15, 0.2) is 84.0 Å². The summed E-state index contributed by atoms with van der Waals surface area (Å²) in [5.74, 6) is 2.23. The Labute approximate surface area is 163 Å². The number of nitrogens with one attached hydrogen (secondary N) is 2. The van der Waals surface area contributed by atoms with E-state index in [9.17, 15) is 0 Å². The lowest BCUT2D eigenvalue weighted by atomic mass is 10.2. The first kappa shape index (κ1) is 18.4. The van der Waals surface area contributed by atoms with Crippen LogP contribution in [0.4, 0.5) is 5.69 Å². The lowest BCUT2D eigenvalue weighted by Gasteiger charge is -2.10. The SMILES string of the molecule is COc1ccccc1NC(=S)NN=Cc1cccc(Oc2ccccc2)c1. The van der Waals surface area contributed by atoms with Gasteiger partial charge in [0.05, 0.1) is 19.0 Å². The normalized spacial score (nSPS) is 10.4. The fourth-order valence-electron chi connectivity index (χ4n) is 2.35. The van der Waals surface area contributed by atoms with Gasteiger partial charge in [-0.3, -0.25) is 5.43 Å². The van der Waals surface area contributed by atoms with Gasteiger partial charge in [0, 0.05) is 0 Å². The molecular weight excluding hydrogens is 358 g/mol. The highest BCUT2D eigenvalue weighted by Crippen LogP contribution is 2.23. The summed E-state index contributed by atoms with van der Waals surface area (Å²) in [6.07, 6.45) is 1.67. The van der Waals surface area contributed by atoms with Crippen molar-refractivity contribution in [3.05, 3.63) is 84.4 Å². The molecule has 2 N–H and O–H groups in total. The molecule has 0 atom stereocenters. The lowest BCUT2D eigenvalue weighted by molar-refractivity contribution is 0.417. The van der Waals surface area contributed by atoms with Crippen LogP contribution in [0.2, 0.25) is 0 Å². The van der Waals surface area contributed by atoms with Crippen LogP contribution in [-0.4, -0.2) is 18.4 Å². The maximum absolute atomic E-state index is 5.82. The van der Waals surface area contributed by atoms with E-state index in [1.165, 1.54) is 0 Å². The molecule has 0 heterocycles. The fraction of sp³-hybridized carbons (Fsp3) is 0.0476. The number of anilines is 1. The molecule has 0 amide bonds. The molecule has 136 valence electrons. The first-order valence-electron chi connectivity index (χ1n) is 8.30. The van der Waals surface area contributed by atoms with E-state index in [0.29, 0.717) is 10.9 Å². The molecule has 3 aromatic carbocycles. The minimum atomic E-state index is 0.368. The van der Waals surface area contributed by atoms with Crippen molar-refractivity contribution >= 4 is 29.2 Å². The van der Waals surface area contributed by atoms with Gasteiger partial charge < -0.3 is 14.8 Å². The minimum Gasteiger partial charge on any atom is -0.495 e. The van der Waals surface area contributed by atoms with Gasteiger partial charge >= 0.3 is 0 Å². The highest BCUT2D eigenvalue weighted by molar-refractivity contribution is 7.80. The molecule has 0 spiro atoms. The molecule has 3 rings (SSSR count). The standard InChI is InChI=1S/C21H19N3O2S/c1-25-20-13-6-5-12-19(20)23-21(27)24-22-15-16-8-7-11-18(14-16)26-17-9-3-2-4-10-17/h2-15H,1H3,(H2,23,24,27). The van der Waals surface area contributed by atoms with Crippen molar-refractivity contribution in [2.24, 2.45) is 5.10 Å². The van der Waals surface area contributed by atoms with Crippen LogP contribution in [0, 0.1) is 0 Å². The van der Waals surface area contributed by atoms with E-state index in [4.69, 9.17) is 21.7 Å². The summed E-state index contributed by atoms with van der Waals surface area (Å²) >= 11 is 5.26. The van der Waals surface area contributed by atoms with Crippen LogP contribution < -0.4 is 20.2 Å². The number of nitrogens with zero attached hydrogens (tertiary/aromatic N) is 1. The number of rotatable bonds is 6. The second-order valence-electron chi connectivity index (χ2n) is 5.51. The summed E-state index contributed by atoms with van der Waals surface area (Å²) in [4.78, 5) is 0. The Morgan fingerprint density at radius 1 is 0.926 bits per heavy atom. The van der Waals surface area contributed by atoms with Gasteiger partial charge in [0.25, 0.3) is 0 Å². The van der Waals surface area contributed by atoms with E-state index >= 15 is 0 Å². The van der Waals surface area contributed by atoms with Gasteiger partial charge in [0.15, 0.2) is 5.11 Å². The van der Waals surface area contributed by atoms with E-state index in [1.807, 2.05) is 78.9 Å². The Balaban J connectivity index is 1.58. The number of thiocarbonyl (C=S) groups is 1. The van der Waals surface area contributed by atoms with Gasteiger partial charge in [-0.2, -0.15) is 5.10 Å². The molecule has 0 aliphatic carbocycles. The van der Waals surface area contributed by atoms with Crippen molar-refractivity contribution in [1.82, 2.24) is 5.43 Å². The molecule has 27 heavy (non-hydrogen) atoms. The number of hydrazone groups is 1. The number of hydrogen-bond donors (Lipinski definition) is 2. The highest BCUT2D eigenvalue weighted by atomic mass is 32.1. The second-order valence-corrected chi connectivity index (χ2v) is 5.92. The van der Waals surface area contributed by atoms with E-state index < -0.39 is 0 Å². The van der Waals surface area contributed by atoms with Crippen molar-refractivity contribution < 1.29 is 9.47 Å². The third-order valence-electron chi connectivity index (χ3n) is 3.57. The van der Waals surface area contributed by atoms with Gasteiger partial charge in [-0.25, -0.2) is 0 Å². The zero-order valence-electron chi connectivity index (χ0n) is 14.8. The zero-order chi connectivity index (χ0) is 18.9. The molecule has 0 fully saturated rings. The first-order chi connectivity index (χ1) is 13.2. The summed E-state index contributed by atoms with van der Waals surface area (Å²) in [6.45, 7) is 0.